The summed E-state index contributed by atoms with van der Waals surface area (Å²) in [5.41, 5.74) is 4.26. The van der Waals surface area contributed by atoms with Crippen LogP contribution >= 0.6 is 23.2 Å². The van der Waals surface area contributed by atoms with Crippen LogP contribution < -0.4 is 4.74 Å². The highest BCUT2D eigenvalue weighted by atomic mass is 35.5. The Morgan fingerprint density at radius 1 is 1.04 bits per heavy atom. The first-order chi connectivity index (χ1) is 12.1. The van der Waals surface area contributed by atoms with Crippen molar-refractivity contribution in [2.45, 2.75) is 6.92 Å². The smallest absolute Gasteiger partial charge is 0.227 e. The molecule has 4 aromatic rings. The molecule has 0 aliphatic heterocycles. The molecule has 6 heteroatoms. The summed E-state index contributed by atoms with van der Waals surface area (Å²) in [5, 5.41) is 0.828. The molecule has 2 heterocycles. The maximum Gasteiger partial charge on any atom is 0.227 e. The van der Waals surface area contributed by atoms with E-state index in [0.29, 0.717) is 27.2 Å². The predicted molar refractivity (Wildman–Crippen MR) is 100 cm³/mol. The van der Waals surface area contributed by atoms with Crippen LogP contribution in [0.25, 0.3) is 28.2 Å². The summed E-state index contributed by atoms with van der Waals surface area (Å²) in [4.78, 5) is 4.61. The molecule has 25 heavy (non-hydrogen) atoms. The molecule has 4 rings (SSSR count). The molecule has 0 radical (unpaired) electrons. The Hall–Kier alpha value is -2.43. The van der Waals surface area contributed by atoms with Crippen molar-refractivity contribution in [2.24, 2.45) is 0 Å². The number of aromatic nitrogens is 2. The molecule has 0 bridgehead atoms. The number of methoxy groups -OCH3 is 1. The number of aryl methyl sites for hydroxylation is 1. The van der Waals surface area contributed by atoms with Crippen molar-refractivity contribution in [1.29, 1.82) is 0 Å². The van der Waals surface area contributed by atoms with Crippen LogP contribution in [0.5, 0.6) is 5.75 Å². The van der Waals surface area contributed by atoms with Gasteiger partial charge in [0, 0.05) is 23.6 Å². The van der Waals surface area contributed by atoms with Crippen LogP contribution in [0.2, 0.25) is 10.0 Å². The molecule has 126 valence electrons. The summed E-state index contributed by atoms with van der Waals surface area (Å²) in [6, 6.07) is 11.5. The second kappa shape index (κ2) is 6.14. The maximum absolute atomic E-state index is 6.23. The SMILES string of the molecule is COc1c(Cl)cc(-c2nc3cc(-n4cccc4)cc(C)c3o2)cc1Cl. The minimum absolute atomic E-state index is 0.414. The van der Waals surface area contributed by atoms with Gasteiger partial charge in [0.15, 0.2) is 11.3 Å². The number of fused-ring (bicyclic) bond motifs is 1. The van der Waals surface area contributed by atoms with E-state index in [1.165, 1.54) is 7.11 Å². The molecule has 0 saturated carbocycles. The van der Waals surface area contributed by atoms with Gasteiger partial charge in [-0.05, 0) is 48.9 Å². The first-order valence-corrected chi connectivity index (χ1v) is 8.40. The van der Waals surface area contributed by atoms with Gasteiger partial charge < -0.3 is 13.7 Å². The van der Waals surface area contributed by atoms with Gasteiger partial charge in [0.2, 0.25) is 5.89 Å². The maximum atomic E-state index is 6.23. The third-order valence-corrected chi connectivity index (χ3v) is 4.57. The zero-order valence-corrected chi connectivity index (χ0v) is 15.1. The van der Waals surface area contributed by atoms with Gasteiger partial charge in [-0.2, -0.15) is 0 Å². The van der Waals surface area contributed by atoms with Crippen molar-refractivity contribution in [3.8, 4) is 22.9 Å². The van der Waals surface area contributed by atoms with Gasteiger partial charge in [-0.25, -0.2) is 4.98 Å². The largest absolute Gasteiger partial charge is 0.494 e. The van der Waals surface area contributed by atoms with E-state index in [2.05, 4.69) is 11.1 Å². The Morgan fingerprint density at radius 2 is 1.72 bits per heavy atom. The number of ether oxygens (including phenoxy) is 1. The lowest BCUT2D eigenvalue weighted by Crippen LogP contribution is -1.90. The van der Waals surface area contributed by atoms with Crippen molar-refractivity contribution < 1.29 is 9.15 Å². The number of oxazole rings is 1. The number of benzene rings is 2. The van der Waals surface area contributed by atoms with Gasteiger partial charge in [0.25, 0.3) is 0 Å². The number of hydrogen-bond donors (Lipinski definition) is 0. The predicted octanol–water partition coefficient (Wildman–Crippen LogP) is 5.91. The quantitative estimate of drug-likeness (QED) is 0.448. The standard InChI is InChI=1S/C19H14Cl2N2O2/c1-11-7-13(23-5-3-4-6-23)10-16-17(11)25-19(22-16)12-8-14(20)18(24-2)15(21)9-12/h3-10H,1-2H3. The summed E-state index contributed by atoms with van der Waals surface area (Å²) >= 11 is 12.5. The molecule has 2 aromatic heterocycles. The Balaban J connectivity index is 1.86. The van der Waals surface area contributed by atoms with Gasteiger partial charge in [-0.15, -0.1) is 0 Å². The average Bonchev–Trinajstić information content (AvgIpc) is 3.24. The van der Waals surface area contributed by atoms with E-state index < -0.39 is 0 Å². The first kappa shape index (κ1) is 16.1. The zero-order chi connectivity index (χ0) is 17.6. The molecule has 0 N–H and O–H groups in total. The van der Waals surface area contributed by atoms with E-state index in [-0.39, 0.29) is 0 Å². The molecular weight excluding hydrogens is 359 g/mol. The van der Waals surface area contributed by atoms with E-state index in [0.717, 1.165) is 22.4 Å². The van der Waals surface area contributed by atoms with Gasteiger partial charge in [0.1, 0.15) is 5.52 Å². The molecule has 4 nitrogen and oxygen atoms in total. The molecule has 0 atom stereocenters. The molecular formula is C19H14Cl2N2O2. The minimum Gasteiger partial charge on any atom is -0.494 e. The second-order valence-electron chi connectivity index (χ2n) is 5.69. The monoisotopic (exact) mass is 372 g/mol. The minimum atomic E-state index is 0.414. The summed E-state index contributed by atoms with van der Waals surface area (Å²) in [6.45, 7) is 2.00. The molecule has 0 saturated heterocycles. The van der Waals surface area contributed by atoms with Gasteiger partial charge in [-0.1, -0.05) is 23.2 Å². The number of hydrogen-bond acceptors (Lipinski definition) is 3. The lowest BCUT2D eigenvalue weighted by atomic mass is 10.2. The van der Waals surface area contributed by atoms with Gasteiger partial charge in [0.05, 0.1) is 17.2 Å². The van der Waals surface area contributed by atoms with Crippen molar-refractivity contribution in [3.63, 3.8) is 0 Å². The van der Waals surface area contributed by atoms with Crippen LogP contribution in [0.3, 0.4) is 0 Å². The molecule has 0 aliphatic carbocycles. The van der Waals surface area contributed by atoms with E-state index in [4.69, 9.17) is 32.4 Å². The van der Waals surface area contributed by atoms with Gasteiger partial charge in [-0.3, -0.25) is 0 Å². The molecule has 2 aromatic carbocycles. The Kier molecular flexibility index (Phi) is 3.94. The highest BCUT2D eigenvalue weighted by Crippen LogP contribution is 2.38. The third kappa shape index (κ3) is 2.77. The van der Waals surface area contributed by atoms with E-state index in [9.17, 15) is 0 Å². The summed E-state index contributed by atoms with van der Waals surface area (Å²) < 4.78 is 13.2. The van der Waals surface area contributed by atoms with E-state index in [1.807, 2.05) is 42.1 Å². The van der Waals surface area contributed by atoms with Crippen LogP contribution in [0.4, 0.5) is 0 Å². The van der Waals surface area contributed by atoms with Crippen LogP contribution in [-0.4, -0.2) is 16.7 Å². The lowest BCUT2D eigenvalue weighted by Gasteiger charge is -2.06. The topological polar surface area (TPSA) is 40.2 Å². The van der Waals surface area contributed by atoms with Crippen LogP contribution in [0.15, 0.2) is 53.2 Å². The van der Waals surface area contributed by atoms with Gasteiger partial charge >= 0.3 is 0 Å². The summed E-state index contributed by atoms with van der Waals surface area (Å²) in [5.74, 6) is 0.906. The van der Waals surface area contributed by atoms with Crippen molar-refractivity contribution in [1.82, 2.24) is 9.55 Å². The summed E-state index contributed by atoms with van der Waals surface area (Å²) in [7, 11) is 1.53. The zero-order valence-electron chi connectivity index (χ0n) is 13.6. The second-order valence-corrected chi connectivity index (χ2v) is 6.51. The molecule has 0 fully saturated rings. The number of nitrogens with zero attached hydrogens (tertiary/aromatic N) is 2. The Bertz CT molecular complexity index is 1050. The molecule has 0 unspecified atom stereocenters. The molecule has 0 aliphatic rings. The number of halogens is 2. The van der Waals surface area contributed by atoms with E-state index >= 15 is 0 Å². The number of rotatable bonds is 3. The highest BCUT2D eigenvalue weighted by molar-refractivity contribution is 6.37. The highest BCUT2D eigenvalue weighted by Gasteiger charge is 2.16. The van der Waals surface area contributed by atoms with Crippen molar-refractivity contribution in [3.05, 3.63) is 64.4 Å². The van der Waals surface area contributed by atoms with Crippen molar-refractivity contribution in [2.75, 3.05) is 7.11 Å². The normalized spacial score (nSPS) is 11.2. The lowest BCUT2D eigenvalue weighted by molar-refractivity contribution is 0.415. The average molecular weight is 373 g/mol. The molecule has 0 amide bonds. The third-order valence-electron chi connectivity index (χ3n) is 4.01. The fraction of sp³-hybridized carbons (Fsp3) is 0.105. The fourth-order valence-corrected chi connectivity index (χ4v) is 3.48. The Morgan fingerprint density at radius 3 is 2.36 bits per heavy atom. The van der Waals surface area contributed by atoms with E-state index in [1.54, 1.807) is 12.1 Å². The Labute approximate surface area is 154 Å². The first-order valence-electron chi connectivity index (χ1n) is 7.65. The van der Waals surface area contributed by atoms with Crippen LogP contribution in [-0.2, 0) is 0 Å². The summed E-state index contributed by atoms with van der Waals surface area (Å²) in [6.07, 6.45) is 3.98. The van der Waals surface area contributed by atoms with Crippen LogP contribution in [0, 0.1) is 6.92 Å². The van der Waals surface area contributed by atoms with Crippen LogP contribution in [0.1, 0.15) is 5.56 Å². The van der Waals surface area contributed by atoms with Crippen molar-refractivity contribution >= 4 is 34.3 Å². The molecule has 0 spiro atoms. The fourth-order valence-electron chi connectivity index (χ4n) is 2.84.